The maximum atomic E-state index is 11.9. The molecule has 0 bridgehead atoms. The van der Waals surface area contributed by atoms with E-state index in [4.69, 9.17) is 10.5 Å². The Balaban J connectivity index is 2.28. The van der Waals surface area contributed by atoms with E-state index in [2.05, 4.69) is 5.32 Å². The minimum Gasteiger partial charge on any atom is -0.494 e. The van der Waals surface area contributed by atoms with E-state index in [-0.39, 0.29) is 5.91 Å². The van der Waals surface area contributed by atoms with Gasteiger partial charge in [0.15, 0.2) is 0 Å². The lowest BCUT2D eigenvalue weighted by Gasteiger charge is -2.35. The van der Waals surface area contributed by atoms with Gasteiger partial charge in [-0.15, -0.1) is 0 Å². The topological polar surface area (TPSA) is 64.3 Å². The first-order valence-corrected chi connectivity index (χ1v) is 6.43. The lowest BCUT2D eigenvalue weighted by atomic mass is 9.72. The van der Waals surface area contributed by atoms with Gasteiger partial charge < -0.3 is 15.8 Å². The van der Waals surface area contributed by atoms with Gasteiger partial charge >= 0.3 is 0 Å². The van der Waals surface area contributed by atoms with Crippen molar-refractivity contribution in [3.05, 3.63) is 29.8 Å². The number of hydrogen-bond acceptors (Lipinski definition) is 3. The molecule has 1 fully saturated rings. The Labute approximate surface area is 108 Å². The summed E-state index contributed by atoms with van der Waals surface area (Å²) in [6.07, 6.45) is 1.52. The molecule has 1 aliphatic heterocycles. The number of ether oxygens (including phenoxy) is 1. The monoisotopic (exact) mass is 248 g/mol. The van der Waals surface area contributed by atoms with Gasteiger partial charge in [0.25, 0.3) is 0 Å². The first kappa shape index (κ1) is 12.9. The molecule has 4 nitrogen and oxygen atoms in total. The number of benzene rings is 1. The van der Waals surface area contributed by atoms with Crippen LogP contribution in [0.25, 0.3) is 0 Å². The molecule has 0 saturated carbocycles. The Kier molecular flexibility index (Phi) is 3.87. The lowest BCUT2D eigenvalue weighted by Crippen LogP contribution is -2.48. The summed E-state index contributed by atoms with van der Waals surface area (Å²) >= 11 is 0. The molecule has 18 heavy (non-hydrogen) atoms. The van der Waals surface area contributed by atoms with Crippen molar-refractivity contribution in [2.24, 2.45) is 5.73 Å². The standard InChI is InChI=1S/C14H20N2O2/c1-2-18-12-5-3-11(4-6-12)14(13(15)17)7-9-16-10-8-14/h3-6,16H,2,7-10H2,1H3,(H2,15,17). The van der Waals surface area contributed by atoms with Crippen LogP contribution in [0.3, 0.4) is 0 Å². The first-order valence-electron chi connectivity index (χ1n) is 6.43. The van der Waals surface area contributed by atoms with E-state index in [9.17, 15) is 4.79 Å². The van der Waals surface area contributed by atoms with Crippen LogP contribution in [-0.4, -0.2) is 25.6 Å². The Morgan fingerprint density at radius 2 is 1.94 bits per heavy atom. The highest BCUT2D eigenvalue weighted by atomic mass is 16.5. The summed E-state index contributed by atoms with van der Waals surface area (Å²) in [7, 11) is 0. The van der Waals surface area contributed by atoms with Crippen LogP contribution in [0.4, 0.5) is 0 Å². The SMILES string of the molecule is CCOc1ccc(C2(C(N)=O)CCNCC2)cc1. The molecule has 1 saturated heterocycles. The van der Waals surface area contributed by atoms with Crippen LogP contribution < -0.4 is 15.8 Å². The maximum absolute atomic E-state index is 11.9. The van der Waals surface area contributed by atoms with Crippen molar-refractivity contribution in [2.45, 2.75) is 25.2 Å². The first-order chi connectivity index (χ1) is 8.69. The van der Waals surface area contributed by atoms with Crippen molar-refractivity contribution in [3.8, 4) is 5.75 Å². The number of rotatable bonds is 4. The fourth-order valence-corrected chi connectivity index (χ4v) is 2.57. The van der Waals surface area contributed by atoms with E-state index in [0.29, 0.717) is 6.61 Å². The molecule has 0 unspecified atom stereocenters. The second-order valence-electron chi connectivity index (χ2n) is 4.65. The van der Waals surface area contributed by atoms with Gasteiger partial charge in [-0.25, -0.2) is 0 Å². The smallest absolute Gasteiger partial charge is 0.228 e. The number of nitrogens with two attached hydrogens (primary N) is 1. The molecular formula is C14H20N2O2. The van der Waals surface area contributed by atoms with Crippen molar-refractivity contribution < 1.29 is 9.53 Å². The van der Waals surface area contributed by atoms with Gasteiger partial charge in [0.1, 0.15) is 5.75 Å². The van der Waals surface area contributed by atoms with E-state index in [1.165, 1.54) is 0 Å². The number of amides is 1. The highest BCUT2D eigenvalue weighted by molar-refractivity contribution is 5.87. The molecule has 1 aromatic rings. The van der Waals surface area contributed by atoms with E-state index in [0.717, 1.165) is 37.2 Å². The molecule has 0 radical (unpaired) electrons. The largest absolute Gasteiger partial charge is 0.494 e. The normalized spacial score (nSPS) is 18.3. The van der Waals surface area contributed by atoms with Gasteiger partial charge in [-0.1, -0.05) is 12.1 Å². The summed E-state index contributed by atoms with van der Waals surface area (Å²) in [4.78, 5) is 11.9. The van der Waals surface area contributed by atoms with Gasteiger partial charge in [-0.3, -0.25) is 4.79 Å². The molecule has 4 heteroatoms. The van der Waals surface area contributed by atoms with Crippen LogP contribution >= 0.6 is 0 Å². The third kappa shape index (κ3) is 2.34. The average Bonchev–Trinajstić information content (AvgIpc) is 2.40. The zero-order valence-corrected chi connectivity index (χ0v) is 10.7. The fraction of sp³-hybridized carbons (Fsp3) is 0.500. The molecule has 0 spiro atoms. The average molecular weight is 248 g/mol. The molecule has 3 N–H and O–H groups in total. The number of primary amides is 1. The molecular weight excluding hydrogens is 228 g/mol. The number of carbonyl (C=O) groups excluding carboxylic acids is 1. The van der Waals surface area contributed by atoms with Crippen LogP contribution in [-0.2, 0) is 10.2 Å². The highest BCUT2D eigenvalue weighted by Gasteiger charge is 2.39. The van der Waals surface area contributed by atoms with Crippen molar-refractivity contribution in [3.63, 3.8) is 0 Å². The predicted molar refractivity (Wildman–Crippen MR) is 70.6 cm³/mol. The van der Waals surface area contributed by atoms with Gasteiger partial charge in [0.05, 0.1) is 12.0 Å². The molecule has 0 aliphatic carbocycles. The molecule has 1 aromatic carbocycles. The number of hydrogen-bond donors (Lipinski definition) is 2. The Bertz CT molecular complexity index is 408. The van der Waals surface area contributed by atoms with Gasteiger partial charge in [-0.05, 0) is 50.6 Å². The van der Waals surface area contributed by atoms with Crippen LogP contribution in [0.5, 0.6) is 5.75 Å². The molecule has 0 aromatic heterocycles. The Morgan fingerprint density at radius 1 is 1.33 bits per heavy atom. The molecule has 98 valence electrons. The molecule has 0 atom stereocenters. The highest BCUT2D eigenvalue weighted by Crippen LogP contribution is 2.34. The second kappa shape index (κ2) is 5.40. The fourth-order valence-electron chi connectivity index (χ4n) is 2.57. The molecule has 2 rings (SSSR count). The predicted octanol–water partition coefficient (Wildman–Crippen LogP) is 1.19. The summed E-state index contributed by atoms with van der Waals surface area (Å²) in [6.45, 7) is 4.25. The van der Waals surface area contributed by atoms with E-state index < -0.39 is 5.41 Å². The van der Waals surface area contributed by atoms with E-state index in [1.807, 2.05) is 31.2 Å². The number of nitrogens with one attached hydrogen (secondary N) is 1. The summed E-state index contributed by atoms with van der Waals surface area (Å²) in [5, 5.41) is 3.26. The van der Waals surface area contributed by atoms with Crippen LogP contribution in [0.2, 0.25) is 0 Å². The summed E-state index contributed by atoms with van der Waals surface area (Å²) < 4.78 is 5.41. The quantitative estimate of drug-likeness (QED) is 0.841. The van der Waals surface area contributed by atoms with Crippen LogP contribution in [0.1, 0.15) is 25.3 Å². The third-order valence-electron chi connectivity index (χ3n) is 3.65. The van der Waals surface area contributed by atoms with E-state index >= 15 is 0 Å². The molecule has 1 amide bonds. The van der Waals surface area contributed by atoms with E-state index in [1.54, 1.807) is 0 Å². The minimum absolute atomic E-state index is 0.229. The molecule has 1 aliphatic rings. The van der Waals surface area contributed by atoms with Crippen molar-refractivity contribution in [1.82, 2.24) is 5.32 Å². The zero-order chi connectivity index (χ0) is 13.0. The van der Waals surface area contributed by atoms with Gasteiger partial charge in [0, 0.05) is 0 Å². The van der Waals surface area contributed by atoms with Crippen LogP contribution in [0.15, 0.2) is 24.3 Å². The third-order valence-corrected chi connectivity index (χ3v) is 3.65. The Hall–Kier alpha value is -1.55. The Morgan fingerprint density at radius 3 is 2.44 bits per heavy atom. The summed E-state index contributed by atoms with van der Waals surface area (Å²) in [6, 6.07) is 7.74. The second-order valence-corrected chi connectivity index (χ2v) is 4.65. The summed E-state index contributed by atoms with van der Waals surface area (Å²) in [5.74, 6) is 0.600. The van der Waals surface area contributed by atoms with Crippen molar-refractivity contribution in [1.29, 1.82) is 0 Å². The van der Waals surface area contributed by atoms with Crippen molar-refractivity contribution in [2.75, 3.05) is 19.7 Å². The van der Waals surface area contributed by atoms with Gasteiger partial charge in [-0.2, -0.15) is 0 Å². The lowest BCUT2D eigenvalue weighted by molar-refractivity contribution is -0.124. The van der Waals surface area contributed by atoms with Gasteiger partial charge in [0.2, 0.25) is 5.91 Å². The summed E-state index contributed by atoms with van der Waals surface area (Å²) in [5.41, 5.74) is 6.12. The van der Waals surface area contributed by atoms with Crippen molar-refractivity contribution >= 4 is 5.91 Å². The number of piperidine rings is 1. The minimum atomic E-state index is -0.518. The molecule has 1 heterocycles. The number of carbonyl (C=O) groups is 1. The van der Waals surface area contributed by atoms with Crippen LogP contribution in [0, 0.1) is 0 Å². The zero-order valence-electron chi connectivity index (χ0n) is 10.7. The maximum Gasteiger partial charge on any atom is 0.228 e.